The second-order valence-electron chi connectivity index (χ2n) is 7.36. The van der Waals surface area contributed by atoms with Gasteiger partial charge in [0.1, 0.15) is 5.75 Å². The molecule has 8 heteroatoms. The molecule has 4 rings (SSSR count). The predicted octanol–water partition coefficient (Wildman–Crippen LogP) is 4.44. The maximum absolute atomic E-state index is 12.5. The zero-order valence-electron chi connectivity index (χ0n) is 18.6. The lowest BCUT2D eigenvalue weighted by Gasteiger charge is -2.11. The van der Waals surface area contributed by atoms with Gasteiger partial charge in [0.15, 0.2) is 11.0 Å². The molecule has 0 saturated carbocycles. The van der Waals surface area contributed by atoms with Crippen LogP contribution in [0, 0.1) is 6.92 Å². The van der Waals surface area contributed by atoms with Crippen molar-refractivity contribution < 1.29 is 9.53 Å². The molecule has 2 heterocycles. The Morgan fingerprint density at radius 2 is 1.85 bits per heavy atom. The molecule has 0 fully saturated rings. The van der Waals surface area contributed by atoms with Gasteiger partial charge in [-0.1, -0.05) is 41.6 Å². The molecule has 0 saturated heterocycles. The SMILES string of the molecule is CCOc1ccc(-n2c(SCC(=O)NCc3ccc(C)cc3)nnc2-c2cccnc2)cc1. The molecule has 2 aromatic carbocycles. The fourth-order valence-electron chi connectivity index (χ4n) is 3.22. The molecule has 0 unspecified atom stereocenters. The minimum atomic E-state index is -0.0650. The van der Waals surface area contributed by atoms with Gasteiger partial charge in [-0.05, 0) is 55.8 Å². The first kappa shape index (κ1) is 22.5. The first-order valence-corrected chi connectivity index (χ1v) is 11.7. The molecule has 2 aromatic heterocycles. The zero-order valence-corrected chi connectivity index (χ0v) is 19.4. The number of hydrogen-bond donors (Lipinski definition) is 1. The lowest BCUT2D eigenvalue weighted by atomic mass is 10.1. The number of nitrogens with one attached hydrogen (secondary N) is 1. The Morgan fingerprint density at radius 1 is 1.06 bits per heavy atom. The summed E-state index contributed by atoms with van der Waals surface area (Å²) in [4.78, 5) is 16.7. The molecule has 33 heavy (non-hydrogen) atoms. The average Bonchev–Trinajstić information content (AvgIpc) is 3.27. The van der Waals surface area contributed by atoms with E-state index in [0.717, 1.165) is 22.6 Å². The summed E-state index contributed by atoms with van der Waals surface area (Å²) in [5, 5.41) is 12.3. The number of amides is 1. The first-order valence-electron chi connectivity index (χ1n) is 10.7. The van der Waals surface area contributed by atoms with E-state index in [2.05, 4.69) is 20.5 Å². The maximum Gasteiger partial charge on any atom is 0.230 e. The normalized spacial score (nSPS) is 10.7. The molecule has 0 aliphatic rings. The van der Waals surface area contributed by atoms with Gasteiger partial charge in [0.2, 0.25) is 5.91 Å². The van der Waals surface area contributed by atoms with Crippen LogP contribution >= 0.6 is 11.8 Å². The maximum atomic E-state index is 12.5. The second-order valence-corrected chi connectivity index (χ2v) is 8.30. The van der Waals surface area contributed by atoms with Gasteiger partial charge in [-0.3, -0.25) is 14.3 Å². The van der Waals surface area contributed by atoms with Crippen LogP contribution in [-0.4, -0.2) is 38.0 Å². The molecule has 0 aliphatic heterocycles. The third kappa shape index (κ3) is 5.78. The molecule has 1 amide bonds. The molecule has 0 atom stereocenters. The third-order valence-electron chi connectivity index (χ3n) is 4.90. The van der Waals surface area contributed by atoms with Gasteiger partial charge < -0.3 is 10.1 Å². The number of carbonyl (C=O) groups excluding carboxylic acids is 1. The Hall–Kier alpha value is -3.65. The Morgan fingerprint density at radius 3 is 2.55 bits per heavy atom. The van der Waals surface area contributed by atoms with Gasteiger partial charge >= 0.3 is 0 Å². The predicted molar refractivity (Wildman–Crippen MR) is 130 cm³/mol. The van der Waals surface area contributed by atoms with E-state index in [-0.39, 0.29) is 11.7 Å². The van der Waals surface area contributed by atoms with Crippen LogP contribution in [0.2, 0.25) is 0 Å². The number of aromatic nitrogens is 4. The molecule has 0 radical (unpaired) electrons. The molecule has 0 spiro atoms. The zero-order chi connectivity index (χ0) is 23.0. The van der Waals surface area contributed by atoms with E-state index in [9.17, 15) is 4.79 Å². The molecule has 0 aliphatic carbocycles. The number of pyridine rings is 1. The van der Waals surface area contributed by atoms with Crippen molar-refractivity contribution in [3.63, 3.8) is 0 Å². The standard InChI is InChI=1S/C25H25N5O2S/c1-3-32-22-12-10-21(11-13-22)30-24(20-5-4-14-26-16-20)28-29-25(30)33-17-23(31)27-15-19-8-6-18(2)7-9-19/h4-14,16H,3,15,17H2,1-2H3,(H,27,31). The monoisotopic (exact) mass is 459 g/mol. The number of rotatable bonds is 9. The minimum Gasteiger partial charge on any atom is -0.494 e. The number of benzene rings is 2. The molecule has 4 aromatic rings. The number of nitrogens with zero attached hydrogens (tertiary/aromatic N) is 4. The smallest absolute Gasteiger partial charge is 0.230 e. The topological polar surface area (TPSA) is 81.9 Å². The molecular formula is C25H25N5O2S. The van der Waals surface area contributed by atoms with E-state index < -0.39 is 0 Å². The highest BCUT2D eigenvalue weighted by Gasteiger charge is 2.17. The van der Waals surface area contributed by atoms with Crippen molar-refractivity contribution in [2.45, 2.75) is 25.5 Å². The fraction of sp³-hybridized carbons (Fsp3) is 0.200. The van der Waals surface area contributed by atoms with E-state index in [1.165, 1.54) is 17.3 Å². The molecular weight excluding hydrogens is 434 g/mol. The number of aryl methyl sites for hydroxylation is 1. The lowest BCUT2D eigenvalue weighted by Crippen LogP contribution is -2.24. The summed E-state index contributed by atoms with van der Waals surface area (Å²) in [6.45, 7) is 5.09. The van der Waals surface area contributed by atoms with Crippen LogP contribution in [0.3, 0.4) is 0 Å². The van der Waals surface area contributed by atoms with Crippen LogP contribution in [0.1, 0.15) is 18.1 Å². The summed E-state index contributed by atoms with van der Waals surface area (Å²) in [7, 11) is 0. The van der Waals surface area contributed by atoms with Crippen molar-refractivity contribution in [3.05, 3.63) is 84.2 Å². The number of ether oxygens (including phenoxy) is 1. The van der Waals surface area contributed by atoms with E-state index in [0.29, 0.717) is 24.1 Å². The highest BCUT2D eigenvalue weighted by Crippen LogP contribution is 2.28. The summed E-state index contributed by atoms with van der Waals surface area (Å²) in [5.41, 5.74) is 3.98. The highest BCUT2D eigenvalue weighted by molar-refractivity contribution is 7.99. The minimum absolute atomic E-state index is 0.0650. The Kier molecular flexibility index (Phi) is 7.36. The van der Waals surface area contributed by atoms with Crippen molar-refractivity contribution >= 4 is 17.7 Å². The number of thioether (sulfide) groups is 1. The van der Waals surface area contributed by atoms with Crippen LogP contribution in [0.25, 0.3) is 17.1 Å². The lowest BCUT2D eigenvalue weighted by molar-refractivity contribution is -0.118. The van der Waals surface area contributed by atoms with Crippen LogP contribution < -0.4 is 10.1 Å². The number of hydrogen-bond acceptors (Lipinski definition) is 6. The van der Waals surface area contributed by atoms with Gasteiger partial charge in [0.25, 0.3) is 0 Å². The molecule has 1 N–H and O–H groups in total. The van der Waals surface area contributed by atoms with E-state index in [1.54, 1.807) is 12.4 Å². The van der Waals surface area contributed by atoms with Gasteiger partial charge in [-0.25, -0.2) is 0 Å². The summed E-state index contributed by atoms with van der Waals surface area (Å²) in [5.74, 6) is 1.62. The highest BCUT2D eigenvalue weighted by atomic mass is 32.2. The van der Waals surface area contributed by atoms with Crippen LogP contribution in [-0.2, 0) is 11.3 Å². The van der Waals surface area contributed by atoms with Crippen molar-refractivity contribution in [1.29, 1.82) is 0 Å². The Labute approximate surface area is 197 Å². The Balaban J connectivity index is 1.51. The molecule has 168 valence electrons. The fourth-order valence-corrected chi connectivity index (χ4v) is 4.01. The van der Waals surface area contributed by atoms with Gasteiger partial charge in [-0.2, -0.15) is 0 Å². The van der Waals surface area contributed by atoms with E-state index in [4.69, 9.17) is 4.74 Å². The molecule has 0 bridgehead atoms. The van der Waals surface area contributed by atoms with E-state index >= 15 is 0 Å². The third-order valence-corrected chi connectivity index (χ3v) is 5.83. The summed E-state index contributed by atoms with van der Waals surface area (Å²) in [6.07, 6.45) is 3.47. The van der Waals surface area contributed by atoms with E-state index in [1.807, 2.05) is 79.1 Å². The summed E-state index contributed by atoms with van der Waals surface area (Å²) >= 11 is 1.34. The van der Waals surface area contributed by atoms with Crippen molar-refractivity contribution in [2.24, 2.45) is 0 Å². The summed E-state index contributed by atoms with van der Waals surface area (Å²) < 4.78 is 7.50. The van der Waals surface area contributed by atoms with Gasteiger partial charge in [-0.15, -0.1) is 10.2 Å². The van der Waals surface area contributed by atoms with Crippen LogP contribution in [0.5, 0.6) is 5.75 Å². The molecule has 7 nitrogen and oxygen atoms in total. The van der Waals surface area contributed by atoms with Crippen LogP contribution in [0.4, 0.5) is 0 Å². The number of carbonyl (C=O) groups is 1. The van der Waals surface area contributed by atoms with Gasteiger partial charge in [0, 0.05) is 30.2 Å². The van der Waals surface area contributed by atoms with Crippen LogP contribution in [0.15, 0.2) is 78.2 Å². The van der Waals surface area contributed by atoms with Gasteiger partial charge in [0.05, 0.1) is 12.4 Å². The first-order chi connectivity index (χ1) is 16.1. The quantitative estimate of drug-likeness (QED) is 0.373. The Bertz CT molecular complexity index is 1190. The van der Waals surface area contributed by atoms with Crippen molar-refractivity contribution in [1.82, 2.24) is 25.1 Å². The van der Waals surface area contributed by atoms with Crippen molar-refractivity contribution in [2.75, 3.05) is 12.4 Å². The van der Waals surface area contributed by atoms with Crippen molar-refractivity contribution in [3.8, 4) is 22.8 Å². The average molecular weight is 460 g/mol. The second kappa shape index (κ2) is 10.8. The largest absolute Gasteiger partial charge is 0.494 e. The summed E-state index contributed by atoms with van der Waals surface area (Å²) in [6, 6.07) is 19.6.